The molecule has 0 aliphatic carbocycles. The van der Waals surface area contributed by atoms with Crippen LogP contribution in [0.4, 0.5) is 13.2 Å². The van der Waals surface area contributed by atoms with Crippen molar-refractivity contribution in [2.24, 2.45) is 5.10 Å². The molecule has 1 N–H and O–H groups in total. The summed E-state index contributed by atoms with van der Waals surface area (Å²) in [7, 11) is 0. The van der Waals surface area contributed by atoms with Crippen molar-refractivity contribution in [1.82, 2.24) is 14.8 Å². The molecule has 10 heteroatoms. The van der Waals surface area contributed by atoms with Crippen molar-refractivity contribution >= 4 is 41.0 Å². The molecule has 5 nitrogen and oxygen atoms in total. The summed E-state index contributed by atoms with van der Waals surface area (Å²) >= 11 is 11.6. The number of pyridine rings is 1. The molecule has 2 heterocycles. The lowest BCUT2D eigenvalue weighted by atomic mass is 10.2. The smallest absolute Gasteiger partial charge is 0.304 e. The first-order valence-corrected chi connectivity index (χ1v) is 7.84. The largest absolute Gasteiger partial charge is 0.417 e. The topological polar surface area (TPSA) is 58.8 Å². The van der Waals surface area contributed by atoms with Crippen molar-refractivity contribution in [2.45, 2.75) is 6.18 Å². The number of alkyl halides is 3. The molecule has 2 aromatic heterocycles. The molecule has 0 spiro atoms. The van der Waals surface area contributed by atoms with Crippen LogP contribution in [0.3, 0.4) is 0 Å². The van der Waals surface area contributed by atoms with Crippen LogP contribution >= 0.6 is 23.2 Å². The molecule has 0 saturated heterocycles. The molecule has 0 aliphatic heterocycles. The number of nitrogens with one attached hydrogen (secondary N) is 1. The van der Waals surface area contributed by atoms with Crippen LogP contribution in [0.15, 0.2) is 47.8 Å². The lowest BCUT2D eigenvalue weighted by molar-refractivity contribution is -0.137. The Morgan fingerprint density at radius 1 is 1.19 bits per heavy atom. The number of aromatic nitrogens is 2. The molecule has 3 aromatic rings. The monoisotopic (exact) mass is 400 g/mol. The van der Waals surface area contributed by atoms with Gasteiger partial charge >= 0.3 is 6.18 Å². The number of benzene rings is 1. The zero-order valence-electron chi connectivity index (χ0n) is 12.8. The summed E-state index contributed by atoms with van der Waals surface area (Å²) in [4.78, 5) is 16.0. The minimum atomic E-state index is -4.56. The van der Waals surface area contributed by atoms with Crippen LogP contribution in [0.25, 0.3) is 5.65 Å². The van der Waals surface area contributed by atoms with Gasteiger partial charge in [-0.1, -0.05) is 35.3 Å². The number of rotatable bonds is 3. The number of amides is 1. The average molecular weight is 401 g/mol. The summed E-state index contributed by atoms with van der Waals surface area (Å²) in [6.45, 7) is 0. The average Bonchev–Trinajstić information content (AvgIpc) is 3.01. The Morgan fingerprint density at radius 3 is 2.54 bits per heavy atom. The van der Waals surface area contributed by atoms with Gasteiger partial charge in [0.2, 0.25) is 0 Å². The van der Waals surface area contributed by atoms with Gasteiger partial charge in [0.25, 0.3) is 5.91 Å². The van der Waals surface area contributed by atoms with Gasteiger partial charge in [-0.2, -0.15) is 18.3 Å². The maximum absolute atomic E-state index is 12.8. The molecule has 0 unspecified atom stereocenters. The fourth-order valence-electron chi connectivity index (χ4n) is 2.09. The number of hydrogen-bond donors (Lipinski definition) is 1. The molecule has 1 amide bonds. The highest BCUT2D eigenvalue weighted by atomic mass is 35.5. The van der Waals surface area contributed by atoms with Crippen molar-refractivity contribution in [2.75, 3.05) is 0 Å². The van der Waals surface area contributed by atoms with Gasteiger partial charge in [-0.3, -0.25) is 4.79 Å². The highest BCUT2D eigenvalue weighted by molar-refractivity contribution is 6.33. The Hall–Kier alpha value is -2.58. The molecule has 0 atom stereocenters. The molecule has 0 bridgehead atoms. The molecule has 26 heavy (non-hydrogen) atoms. The van der Waals surface area contributed by atoms with Crippen molar-refractivity contribution in [3.05, 3.63) is 69.6 Å². The van der Waals surface area contributed by atoms with Crippen LogP contribution in [0, 0.1) is 0 Å². The van der Waals surface area contributed by atoms with E-state index in [4.69, 9.17) is 23.2 Å². The van der Waals surface area contributed by atoms with Gasteiger partial charge < -0.3 is 4.40 Å². The maximum atomic E-state index is 12.8. The van der Waals surface area contributed by atoms with E-state index >= 15 is 0 Å². The Balaban J connectivity index is 1.80. The fourth-order valence-corrected chi connectivity index (χ4v) is 2.48. The molecule has 134 valence electrons. The Labute approximate surface area is 155 Å². The zero-order chi connectivity index (χ0) is 18.9. The highest BCUT2D eigenvalue weighted by Gasteiger charge is 2.32. The predicted molar refractivity (Wildman–Crippen MR) is 91.7 cm³/mol. The molecular weight excluding hydrogens is 392 g/mol. The van der Waals surface area contributed by atoms with Crippen LogP contribution in [0.1, 0.15) is 21.6 Å². The van der Waals surface area contributed by atoms with Gasteiger partial charge in [0.1, 0.15) is 5.69 Å². The number of hydrazone groups is 1. The third-order valence-corrected chi connectivity index (χ3v) is 3.85. The third-order valence-electron chi connectivity index (χ3n) is 3.32. The van der Waals surface area contributed by atoms with Crippen molar-refractivity contribution in [1.29, 1.82) is 0 Å². The second-order valence-corrected chi connectivity index (χ2v) is 6.03. The van der Waals surface area contributed by atoms with E-state index in [2.05, 4.69) is 15.5 Å². The van der Waals surface area contributed by atoms with Crippen LogP contribution in [0.5, 0.6) is 0 Å². The second kappa shape index (κ2) is 6.97. The lowest BCUT2D eigenvalue weighted by Crippen LogP contribution is -2.17. The van der Waals surface area contributed by atoms with Crippen molar-refractivity contribution in [3.63, 3.8) is 0 Å². The number of hydrogen-bond acceptors (Lipinski definition) is 3. The minimum Gasteiger partial charge on any atom is -0.304 e. The summed E-state index contributed by atoms with van der Waals surface area (Å²) < 4.78 is 39.5. The van der Waals surface area contributed by atoms with Gasteiger partial charge in [-0.05, 0) is 23.8 Å². The first kappa shape index (κ1) is 18.2. The predicted octanol–water partition coefficient (Wildman–Crippen LogP) is 4.42. The normalized spacial score (nSPS) is 12.0. The van der Waals surface area contributed by atoms with Gasteiger partial charge in [-0.15, -0.1) is 0 Å². The Morgan fingerprint density at radius 2 is 1.88 bits per heavy atom. The van der Waals surface area contributed by atoms with E-state index in [1.807, 2.05) is 0 Å². The second-order valence-electron chi connectivity index (χ2n) is 5.18. The van der Waals surface area contributed by atoms with E-state index in [0.717, 1.165) is 22.9 Å². The van der Waals surface area contributed by atoms with E-state index in [1.54, 1.807) is 24.3 Å². The lowest BCUT2D eigenvalue weighted by Gasteiger charge is -2.07. The van der Waals surface area contributed by atoms with Gasteiger partial charge in [-0.25, -0.2) is 10.4 Å². The fraction of sp³-hybridized carbons (Fsp3) is 0.0625. The standard InChI is InChI=1S/C16H9Cl2F3N4O/c17-11-3-1-9(2-4-11)6-22-24-15(26)13-8-25-7-10(16(19,20)21)5-12(18)14(25)23-13/h1-8H,(H,24,26)/b22-6-. The minimum absolute atomic E-state index is 0.0338. The molecule has 0 fully saturated rings. The van der Waals surface area contributed by atoms with E-state index in [1.165, 1.54) is 6.21 Å². The van der Waals surface area contributed by atoms with Crippen LogP contribution in [-0.2, 0) is 6.18 Å². The Kier molecular flexibility index (Phi) is 4.88. The van der Waals surface area contributed by atoms with Crippen LogP contribution in [0.2, 0.25) is 10.0 Å². The summed E-state index contributed by atoms with van der Waals surface area (Å²) in [5.74, 6) is -0.691. The van der Waals surface area contributed by atoms with Crippen LogP contribution < -0.4 is 5.43 Å². The number of carbonyl (C=O) groups is 1. The number of imidazole rings is 1. The summed E-state index contributed by atoms with van der Waals surface area (Å²) in [5, 5.41) is 4.11. The first-order chi connectivity index (χ1) is 12.2. The van der Waals surface area contributed by atoms with E-state index in [-0.39, 0.29) is 16.4 Å². The van der Waals surface area contributed by atoms with E-state index < -0.39 is 17.6 Å². The molecule has 1 aromatic carbocycles. The van der Waals surface area contributed by atoms with E-state index in [0.29, 0.717) is 10.6 Å². The number of fused-ring (bicyclic) bond motifs is 1. The molecular formula is C16H9Cl2F3N4O. The van der Waals surface area contributed by atoms with Gasteiger partial charge in [0, 0.05) is 17.4 Å². The quantitative estimate of drug-likeness (QED) is 0.522. The first-order valence-electron chi connectivity index (χ1n) is 7.08. The van der Waals surface area contributed by atoms with E-state index in [9.17, 15) is 18.0 Å². The molecule has 3 rings (SSSR count). The van der Waals surface area contributed by atoms with Gasteiger partial charge in [0.05, 0.1) is 16.8 Å². The number of halogens is 5. The molecule has 0 saturated carbocycles. The van der Waals surface area contributed by atoms with Gasteiger partial charge in [0.15, 0.2) is 5.65 Å². The SMILES string of the molecule is O=C(N/N=C\c1ccc(Cl)cc1)c1cn2cc(C(F)(F)F)cc(Cl)c2n1. The van der Waals surface area contributed by atoms with Crippen molar-refractivity contribution in [3.8, 4) is 0 Å². The number of carbonyl (C=O) groups excluding carboxylic acids is 1. The highest BCUT2D eigenvalue weighted by Crippen LogP contribution is 2.32. The number of nitrogens with zero attached hydrogens (tertiary/aromatic N) is 3. The molecule has 0 aliphatic rings. The third kappa shape index (κ3) is 3.97. The van der Waals surface area contributed by atoms with Crippen LogP contribution in [-0.4, -0.2) is 21.5 Å². The molecule has 0 radical (unpaired) electrons. The van der Waals surface area contributed by atoms with Crippen molar-refractivity contribution < 1.29 is 18.0 Å². The summed E-state index contributed by atoms with van der Waals surface area (Å²) in [6, 6.07) is 7.47. The summed E-state index contributed by atoms with van der Waals surface area (Å²) in [5.41, 5.74) is 1.90. The zero-order valence-corrected chi connectivity index (χ0v) is 14.3. The summed E-state index contributed by atoms with van der Waals surface area (Å²) in [6.07, 6.45) is -1.22. The Bertz CT molecular complexity index is 997. The maximum Gasteiger partial charge on any atom is 0.417 e.